The molecule has 2 N–H and O–H groups in total. The second kappa shape index (κ2) is 17.2. The molecule has 0 heterocycles. The van der Waals surface area contributed by atoms with E-state index in [0.717, 1.165) is 76.5 Å². The zero-order valence-electron chi connectivity index (χ0n) is 41.8. The number of aromatic hydroxyl groups is 2. The first-order valence-corrected chi connectivity index (χ1v) is 23.7. The number of rotatable bonds is 9. The van der Waals surface area contributed by atoms with Gasteiger partial charge in [0.2, 0.25) is 0 Å². The highest BCUT2D eigenvalue weighted by Crippen LogP contribution is 2.46. The maximum Gasteiger partial charge on any atom is 0.126 e. The monoisotopic (exact) mass is 879 g/mol. The molecule has 0 spiro atoms. The second-order valence-corrected chi connectivity index (χ2v) is 22.8. The van der Waals surface area contributed by atoms with E-state index in [-0.39, 0.29) is 33.2 Å². The molecular formula is C62H70O4. The van der Waals surface area contributed by atoms with Crippen LogP contribution in [0.1, 0.15) is 116 Å². The summed E-state index contributed by atoms with van der Waals surface area (Å²) in [6.07, 6.45) is -0.0691. The highest BCUT2D eigenvalue weighted by molar-refractivity contribution is 6.15. The van der Waals surface area contributed by atoms with Crippen LogP contribution in [0, 0.1) is 0 Å². The van der Waals surface area contributed by atoms with E-state index in [1.54, 1.807) is 14.2 Å². The Hall–Kier alpha value is -5.68. The van der Waals surface area contributed by atoms with Crippen molar-refractivity contribution in [2.75, 3.05) is 14.2 Å². The van der Waals surface area contributed by atoms with Crippen LogP contribution in [0.4, 0.5) is 0 Å². The van der Waals surface area contributed by atoms with Gasteiger partial charge < -0.3 is 19.7 Å². The first-order valence-electron chi connectivity index (χ1n) is 23.7. The molecule has 0 aliphatic rings. The standard InChI is InChI=1S/C62H70O4/c1-59(2,3)43-25-27-47-41(31-43)29-37-21-23-45(61(7,8)9)35-51(37)55(47)49-19-15-17-39(57(49)63)33-53(65-13)54(66-14)34-40-18-16-20-50(58(40)64)56-48-28-26-44(60(4,5)6)32-42(48)30-38-22-24-46(36-52(38)56)62(10,11)12/h15-32,35-36,53-54,63-64H,33-34H2,1-14H3. The van der Waals surface area contributed by atoms with Gasteiger partial charge in [-0.25, -0.2) is 0 Å². The lowest BCUT2D eigenvalue weighted by molar-refractivity contribution is -0.0350. The molecule has 8 rings (SSSR count). The average molecular weight is 879 g/mol. The minimum Gasteiger partial charge on any atom is -0.507 e. The quantitative estimate of drug-likeness (QED) is 0.142. The van der Waals surface area contributed by atoms with E-state index in [0.29, 0.717) is 12.8 Å². The number of fused-ring (bicyclic) bond motifs is 4. The van der Waals surface area contributed by atoms with E-state index in [2.05, 4.69) is 168 Å². The Morgan fingerprint density at radius 1 is 0.379 bits per heavy atom. The summed E-state index contributed by atoms with van der Waals surface area (Å²) in [5.74, 6) is 0.474. The molecule has 8 aromatic rings. The maximum atomic E-state index is 12.4. The van der Waals surface area contributed by atoms with Crippen molar-refractivity contribution in [1.29, 1.82) is 0 Å². The zero-order chi connectivity index (χ0) is 47.7. The van der Waals surface area contributed by atoms with Crippen molar-refractivity contribution in [3.63, 3.8) is 0 Å². The number of para-hydroxylation sites is 2. The van der Waals surface area contributed by atoms with Gasteiger partial charge in [-0.2, -0.15) is 0 Å². The molecule has 0 radical (unpaired) electrons. The van der Waals surface area contributed by atoms with Gasteiger partial charge in [-0.15, -0.1) is 0 Å². The van der Waals surface area contributed by atoms with Crippen molar-refractivity contribution in [1.82, 2.24) is 0 Å². The van der Waals surface area contributed by atoms with Crippen LogP contribution in [-0.4, -0.2) is 36.6 Å². The number of benzene rings is 8. The van der Waals surface area contributed by atoms with Crippen molar-refractivity contribution in [3.8, 4) is 33.8 Å². The smallest absolute Gasteiger partial charge is 0.126 e. The number of ether oxygens (including phenoxy) is 2. The first-order chi connectivity index (χ1) is 31.0. The number of phenols is 2. The van der Waals surface area contributed by atoms with E-state index >= 15 is 0 Å². The Morgan fingerprint density at radius 3 is 1.05 bits per heavy atom. The van der Waals surface area contributed by atoms with Crippen LogP contribution in [0.25, 0.3) is 65.3 Å². The van der Waals surface area contributed by atoms with Gasteiger partial charge in [0.15, 0.2) is 0 Å². The summed E-state index contributed by atoms with van der Waals surface area (Å²) in [6, 6.07) is 43.8. The Kier molecular flexibility index (Phi) is 12.2. The third-order valence-corrected chi connectivity index (χ3v) is 14.0. The summed E-state index contributed by atoms with van der Waals surface area (Å²) in [5.41, 5.74) is 10.1. The topological polar surface area (TPSA) is 58.9 Å². The van der Waals surface area contributed by atoms with Gasteiger partial charge in [0, 0.05) is 49.3 Å². The number of hydrogen-bond donors (Lipinski definition) is 2. The highest BCUT2D eigenvalue weighted by atomic mass is 16.5. The molecule has 0 aliphatic carbocycles. The minimum absolute atomic E-state index is 0.0104. The van der Waals surface area contributed by atoms with Crippen LogP contribution < -0.4 is 0 Å². The fourth-order valence-corrected chi connectivity index (χ4v) is 9.77. The lowest BCUT2D eigenvalue weighted by atomic mass is 9.81. The fourth-order valence-electron chi connectivity index (χ4n) is 9.77. The van der Waals surface area contributed by atoms with Crippen molar-refractivity contribution in [2.24, 2.45) is 0 Å². The fraction of sp³-hybridized carbons (Fsp3) is 0.355. The number of hydrogen-bond acceptors (Lipinski definition) is 4. The van der Waals surface area contributed by atoms with Gasteiger partial charge in [0.1, 0.15) is 11.5 Å². The molecule has 0 fully saturated rings. The largest absolute Gasteiger partial charge is 0.507 e. The van der Waals surface area contributed by atoms with Gasteiger partial charge in [0.25, 0.3) is 0 Å². The molecule has 2 unspecified atom stereocenters. The molecule has 4 nitrogen and oxygen atoms in total. The summed E-state index contributed by atoms with van der Waals surface area (Å²) in [5, 5.41) is 33.9. The molecule has 0 aromatic heterocycles. The first kappa shape index (κ1) is 46.8. The van der Waals surface area contributed by atoms with E-state index in [4.69, 9.17) is 9.47 Å². The summed E-state index contributed by atoms with van der Waals surface area (Å²) in [6.45, 7) is 26.9. The van der Waals surface area contributed by atoms with E-state index in [1.807, 2.05) is 36.4 Å². The van der Waals surface area contributed by atoms with Crippen molar-refractivity contribution < 1.29 is 19.7 Å². The van der Waals surface area contributed by atoms with Crippen LogP contribution in [0.2, 0.25) is 0 Å². The molecule has 66 heavy (non-hydrogen) atoms. The molecule has 4 heteroatoms. The Balaban J connectivity index is 1.20. The summed E-state index contributed by atoms with van der Waals surface area (Å²) in [7, 11) is 3.40. The van der Waals surface area contributed by atoms with Crippen molar-refractivity contribution >= 4 is 43.1 Å². The van der Waals surface area contributed by atoms with Crippen molar-refractivity contribution in [3.05, 3.63) is 155 Å². The Morgan fingerprint density at radius 2 is 0.712 bits per heavy atom. The maximum absolute atomic E-state index is 12.4. The normalized spacial score (nSPS) is 13.8. The zero-order valence-corrected chi connectivity index (χ0v) is 41.8. The van der Waals surface area contributed by atoms with Gasteiger partial charge in [-0.1, -0.05) is 180 Å². The molecule has 0 amide bonds. The third kappa shape index (κ3) is 8.95. The molecule has 0 saturated carbocycles. The lowest BCUT2D eigenvalue weighted by Crippen LogP contribution is -2.34. The number of phenolic OH excluding ortho intramolecular Hbond substituents is 2. The molecular weight excluding hydrogens is 809 g/mol. The van der Waals surface area contributed by atoms with Crippen LogP contribution in [0.5, 0.6) is 11.5 Å². The van der Waals surface area contributed by atoms with Gasteiger partial charge in [-0.05, 0) is 122 Å². The highest BCUT2D eigenvalue weighted by Gasteiger charge is 2.28. The van der Waals surface area contributed by atoms with Gasteiger partial charge in [-0.3, -0.25) is 0 Å². The van der Waals surface area contributed by atoms with Crippen LogP contribution in [0.3, 0.4) is 0 Å². The van der Waals surface area contributed by atoms with Crippen LogP contribution >= 0.6 is 0 Å². The van der Waals surface area contributed by atoms with Gasteiger partial charge >= 0.3 is 0 Å². The SMILES string of the molecule is COC(Cc1cccc(-c2c3ccc(C(C)(C)C)cc3cc3ccc(C(C)(C)C)cc23)c1O)C(Cc1cccc(-c2c3ccc(C(C)(C)C)cc3cc3ccc(C(C)(C)C)cc23)c1O)OC. The minimum atomic E-state index is -0.436. The van der Waals surface area contributed by atoms with E-state index in [9.17, 15) is 10.2 Å². The lowest BCUT2D eigenvalue weighted by Gasteiger charge is -2.27. The summed E-state index contributed by atoms with van der Waals surface area (Å²) >= 11 is 0. The summed E-state index contributed by atoms with van der Waals surface area (Å²) < 4.78 is 12.5. The second-order valence-electron chi connectivity index (χ2n) is 22.8. The molecule has 342 valence electrons. The van der Waals surface area contributed by atoms with Crippen LogP contribution in [0.15, 0.2) is 121 Å². The molecule has 0 aliphatic heterocycles. The Bertz CT molecular complexity index is 2910. The molecule has 2 atom stereocenters. The molecule has 8 aromatic carbocycles. The number of methoxy groups -OCH3 is 2. The van der Waals surface area contributed by atoms with E-state index in [1.165, 1.54) is 22.3 Å². The molecule has 0 saturated heterocycles. The Labute approximate surface area is 393 Å². The predicted molar refractivity (Wildman–Crippen MR) is 281 cm³/mol. The van der Waals surface area contributed by atoms with E-state index < -0.39 is 12.2 Å². The van der Waals surface area contributed by atoms with Crippen LogP contribution in [-0.2, 0) is 44.0 Å². The predicted octanol–water partition coefficient (Wildman–Crippen LogP) is 16.0. The molecule has 0 bridgehead atoms. The van der Waals surface area contributed by atoms with Gasteiger partial charge in [0.05, 0.1) is 12.2 Å². The average Bonchev–Trinajstić information content (AvgIpc) is 3.25. The van der Waals surface area contributed by atoms with Crippen molar-refractivity contribution in [2.45, 2.75) is 130 Å². The summed E-state index contributed by atoms with van der Waals surface area (Å²) in [4.78, 5) is 0. The third-order valence-electron chi connectivity index (χ3n) is 14.0.